The molecule has 0 radical (unpaired) electrons. The third kappa shape index (κ3) is 5.04. The lowest BCUT2D eigenvalue weighted by atomic mass is 9.97. The quantitative estimate of drug-likeness (QED) is 0.366. The van der Waals surface area contributed by atoms with Gasteiger partial charge in [0.15, 0.2) is 0 Å². The van der Waals surface area contributed by atoms with Gasteiger partial charge in [0.2, 0.25) is 0 Å². The summed E-state index contributed by atoms with van der Waals surface area (Å²) in [6, 6.07) is 16.9. The van der Waals surface area contributed by atoms with Crippen LogP contribution in [0.5, 0.6) is 0 Å². The highest BCUT2D eigenvalue weighted by Crippen LogP contribution is 2.32. The zero-order chi connectivity index (χ0) is 23.4. The first-order valence-electron chi connectivity index (χ1n) is 11.5. The first-order chi connectivity index (χ1) is 15.2. The lowest BCUT2D eigenvalue weighted by molar-refractivity contribution is 0.865. The summed E-state index contributed by atoms with van der Waals surface area (Å²) in [5.74, 6) is 0.817. The summed E-state index contributed by atoms with van der Waals surface area (Å²) in [6.45, 7) is 17.2. The first kappa shape index (κ1) is 23.6. The lowest BCUT2D eigenvalue weighted by Gasteiger charge is -2.15. The van der Waals surface area contributed by atoms with Crippen molar-refractivity contribution in [2.45, 2.75) is 67.2 Å². The highest BCUT2D eigenvalue weighted by Gasteiger charge is 2.15. The molecule has 0 bridgehead atoms. The van der Waals surface area contributed by atoms with Gasteiger partial charge in [-0.05, 0) is 73.9 Å². The normalized spacial score (nSPS) is 12.7. The van der Waals surface area contributed by atoms with Gasteiger partial charge in [-0.3, -0.25) is 15.0 Å². The molecule has 0 unspecified atom stereocenters. The van der Waals surface area contributed by atoms with Crippen LogP contribution in [-0.2, 0) is 0 Å². The fourth-order valence-electron chi connectivity index (χ4n) is 4.03. The van der Waals surface area contributed by atoms with Gasteiger partial charge >= 0.3 is 0 Å². The minimum absolute atomic E-state index is 0.406. The Morgan fingerprint density at radius 1 is 0.688 bits per heavy atom. The molecule has 0 aliphatic rings. The molecule has 166 valence electrons. The molecule has 3 aromatic rings. The summed E-state index contributed by atoms with van der Waals surface area (Å²) in [7, 11) is 0. The second-order valence-corrected chi connectivity index (χ2v) is 9.13. The molecule has 0 aliphatic heterocycles. The molecule has 0 aliphatic carbocycles. The van der Waals surface area contributed by atoms with Crippen molar-refractivity contribution in [3.05, 3.63) is 88.2 Å². The van der Waals surface area contributed by atoms with Gasteiger partial charge in [-0.2, -0.15) is 0 Å². The first-order valence-corrected chi connectivity index (χ1v) is 11.5. The number of pyridine rings is 1. The molecule has 3 nitrogen and oxygen atoms in total. The number of nitrogens with zero attached hydrogens (tertiary/aromatic N) is 3. The van der Waals surface area contributed by atoms with E-state index in [0.29, 0.717) is 11.8 Å². The van der Waals surface area contributed by atoms with Crippen LogP contribution in [0.4, 0.5) is 11.4 Å². The van der Waals surface area contributed by atoms with E-state index in [0.717, 1.165) is 34.1 Å². The molecule has 2 aromatic carbocycles. The van der Waals surface area contributed by atoms with E-state index >= 15 is 0 Å². The molecule has 32 heavy (non-hydrogen) atoms. The zero-order valence-corrected chi connectivity index (χ0v) is 20.7. The summed E-state index contributed by atoms with van der Waals surface area (Å²) in [6.07, 6.45) is 1.83. The third-order valence-electron chi connectivity index (χ3n) is 5.88. The largest absolute Gasteiger partial charge is 0.254 e. The Bertz CT molecular complexity index is 1070. The van der Waals surface area contributed by atoms with Crippen molar-refractivity contribution in [2.24, 2.45) is 9.98 Å². The predicted molar refractivity (Wildman–Crippen MR) is 139 cm³/mol. The van der Waals surface area contributed by atoms with Gasteiger partial charge in [0.25, 0.3) is 0 Å². The zero-order valence-electron chi connectivity index (χ0n) is 20.7. The van der Waals surface area contributed by atoms with Crippen LogP contribution < -0.4 is 0 Å². The Balaban J connectivity index is 2.12. The molecular formula is C29H35N3. The predicted octanol–water partition coefficient (Wildman–Crippen LogP) is 8.23. The van der Waals surface area contributed by atoms with E-state index in [2.05, 4.69) is 90.9 Å². The molecule has 0 amide bonds. The minimum Gasteiger partial charge on any atom is -0.254 e. The number of rotatable bonds is 6. The van der Waals surface area contributed by atoms with Crippen LogP contribution in [0.2, 0.25) is 0 Å². The van der Waals surface area contributed by atoms with Gasteiger partial charge in [-0.1, -0.05) is 64.1 Å². The van der Waals surface area contributed by atoms with Crippen molar-refractivity contribution in [1.82, 2.24) is 4.98 Å². The molecule has 0 spiro atoms. The van der Waals surface area contributed by atoms with Gasteiger partial charge in [-0.15, -0.1) is 0 Å². The number of para-hydroxylation sites is 2. The van der Waals surface area contributed by atoms with Crippen LogP contribution in [-0.4, -0.2) is 16.4 Å². The third-order valence-corrected chi connectivity index (χ3v) is 5.88. The van der Waals surface area contributed by atoms with Crippen molar-refractivity contribution >= 4 is 22.8 Å². The number of hydrogen-bond donors (Lipinski definition) is 0. The summed E-state index contributed by atoms with van der Waals surface area (Å²) in [5.41, 5.74) is 10.8. The van der Waals surface area contributed by atoms with Gasteiger partial charge < -0.3 is 0 Å². The molecule has 0 saturated carbocycles. The van der Waals surface area contributed by atoms with E-state index in [9.17, 15) is 0 Å². The average molecular weight is 426 g/mol. The van der Waals surface area contributed by atoms with E-state index in [1.807, 2.05) is 19.2 Å². The van der Waals surface area contributed by atoms with Gasteiger partial charge in [-0.25, -0.2) is 0 Å². The SMILES string of the molecule is CC(=Nc1c(C)cccc1C(C)C)c1cccnc1C(C)=Nc1c(C)cccc1C(C)C. The maximum absolute atomic E-state index is 5.09. The molecule has 1 aromatic heterocycles. The maximum Gasteiger partial charge on any atom is 0.0932 e. The van der Waals surface area contributed by atoms with E-state index in [1.54, 1.807) is 0 Å². The van der Waals surface area contributed by atoms with Gasteiger partial charge in [0, 0.05) is 17.5 Å². The lowest BCUT2D eigenvalue weighted by Crippen LogP contribution is -2.09. The van der Waals surface area contributed by atoms with Crippen LogP contribution >= 0.6 is 0 Å². The second kappa shape index (κ2) is 10.0. The Morgan fingerprint density at radius 2 is 1.19 bits per heavy atom. The Kier molecular flexibility index (Phi) is 7.40. The maximum atomic E-state index is 5.09. The molecule has 0 atom stereocenters. The Morgan fingerprint density at radius 3 is 1.69 bits per heavy atom. The molecular weight excluding hydrogens is 390 g/mol. The number of aromatic nitrogens is 1. The van der Waals surface area contributed by atoms with Crippen LogP contribution in [0.3, 0.4) is 0 Å². The van der Waals surface area contributed by atoms with Gasteiger partial charge in [0.05, 0.1) is 22.8 Å². The van der Waals surface area contributed by atoms with Crippen molar-refractivity contribution in [3.63, 3.8) is 0 Å². The van der Waals surface area contributed by atoms with E-state index < -0.39 is 0 Å². The fraction of sp³-hybridized carbons (Fsp3) is 0.345. The summed E-state index contributed by atoms with van der Waals surface area (Å²) < 4.78 is 0. The smallest absolute Gasteiger partial charge is 0.0932 e. The number of benzene rings is 2. The van der Waals surface area contributed by atoms with E-state index in [1.165, 1.54) is 22.3 Å². The fourth-order valence-corrected chi connectivity index (χ4v) is 4.03. The molecule has 0 saturated heterocycles. The highest BCUT2D eigenvalue weighted by molar-refractivity contribution is 6.11. The Hall–Kier alpha value is -3.07. The molecule has 3 heteroatoms. The average Bonchev–Trinajstić information content (AvgIpc) is 2.76. The molecule has 3 rings (SSSR count). The van der Waals surface area contributed by atoms with E-state index in [4.69, 9.17) is 15.0 Å². The molecule has 0 fully saturated rings. The second-order valence-electron chi connectivity index (χ2n) is 9.13. The summed E-state index contributed by atoms with van der Waals surface area (Å²) in [4.78, 5) is 14.9. The Labute approximate surface area is 193 Å². The van der Waals surface area contributed by atoms with Crippen LogP contribution in [0.15, 0.2) is 64.7 Å². The number of aliphatic imine (C=N–C) groups is 2. The number of hydrogen-bond acceptors (Lipinski definition) is 3. The summed E-state index contributed by atoms with van der Waals surface area (Å²) >= 11 is 0. The van der Waals surface area contributed by atoms with Gasteiger partial charge in [0.1, 0.15) is 0 Å². The van der Waals surface area contributed by atoms with Crippen molar-refractivity contribution in [1.29, 1.82) is 0 Å². The molecule has 0 N–H and O–H groups in total. The van der Waals surface area contributed by atoms with Crippen molar-refractivity contribution < 1.29 is 0 Å². The van der Waals surface area contributed by atoms with Crippen LogP contribution in [0.25, 0.3) is 0 Å². The van der Waals surface area contributed by atoms with E-state index in [-0.39, 0.29) is 0 Å². The van der Waals surface area contributed by atoms with Crippen molar-refractivity contribution in [3.8, 4) is 0 Å². The standard InChI is InChI=1S/C29H35N3/c1-18(2)24-14-9-12-20(5)27(24)31-22(7)26-16-11-17-30-29(26)23(8)32-28-21(6)13-10-15-25(28)19(3)4/h9-19H,1-8H3. The topological polar surface area (TPSA) is 37.6 Å². The van der Waals surface area contributed by atoms with Crippen molar-refractivity contribution in [2.75, 3.05) is 0 Å². The minimum atomic E-state index is 0.406. The summed E-state index contributed by atoms with van der Waals surface area (Å²) in [5, 5.41) is 0. The highest BCUT2D eigenvalue weighted by atomic mass is 14.8. The molecule has 1 heterocycles. The monoisotopic (exact) mass is 425 g/mol. The number of aryl methyl sites for hydroxylation is 2. The van der Waals surface area contributed by atoms with Crippen LogP contribution in [0, 0.1) is 13.8 Å². The van der Waals surface area contributed by atoms with Crippen LogP contribution in [0.1, 0.15) is 86.9 Å².